The lowest BCUT2D eigenvalue weighted by Crippen LogP contribution is -2.39. The van der Waals surface area contributed by atoms with Crippen LogP contribution in [0.1, 0.15) is 26.3 Å². The Morgan fingerprint density at radius 2 is 1.95 bits per heavy atom. The summed E-state index contributed by atoms with van der Waals surface area (Å²) in [5.74, 6) is 1.19. The zero-order valence-electron chi connectivity index (χ0n) is 12.4. The van der Waals surface area contributed by atoms with Gasteiger partial charge in [-0.2, -0.15) is 0 Å². The fourth-order valence-corrected chi connectivity index (χ4v) is 3.30. The highest BCUT2D eigenvalue weighted by Crippen LogP contribution is 2.23. The van der Waals surface area contributed by atoms with Crippen molar-refractivity contribution in [1.29, 1.82) is 0 Å². The highest BCUT2D eigenvalue weighted by molar-refractivity contribution is 7.85. The van der Waals surface area contributed by atoms with Crippen LogP contribution in [0.4, 0.5) is 10.1 Å². The van der Waals surface area contributed by atoms with Gasteiger partial charge in [-0.05, 0) is 44.5 Å². The number of rotatable bonds is 3. The summed E-state index contributed by atoms with van der Waals surface area (Å²) >= 11 is 0. The van der Waals surface area contributed by atoms with Gasteiger partial charge < -0.3 is 10.2 Å². The molecule has 0 radical (unpaired) electrons. The van der Waals surface area contributed by atoms with Crippen LogP contribution in [0, 0.1) is 5.82 Å². The Labute approximate surface area is 123 Å². The predicted octanol–water partition coefficient (Wildman–Crippen LogP) is 2.28. The van der Waals surface area contributed by atoms with Crippen LogP contribution in [0.2, 0.25) is 0 Å². The second-order valence-electron chi connectivity index (χ2n) is 6.21. The molecule has 1 aromatic carbocycles. The summed E-state index contributed by atoms with van der Waals surface area (Å²) in [7, 11) is -0.695. The van der Waals surface area contributed by atoms with Gasteiger partial charge in [0.1, 0.15) is 5.82 Å². The fraction of sp³-hybridized carbons (Fsp3) is 0.600. The molecule has 0 atom stereocenters. The van der Waals surface area contributed by atoms with E-state index in [4.69, 9.17) is 0 Å². The standard InChI is InChI=1S/C15H23FN2OS/c1-15(2,3)17-11-12-10-13(16)4-5-14(12)18-6-8-20(19)9-7-18/h4-5,10,17H,6-9,11H2,1-3H3. The van der Waals surface area contributed by atoms with Crippen LogP contribution in [0.3, 0.4) is 0 Å². The number of nitrogens with one attached hydrogen (secondary N) is 1. The van der Waals surface area contributed by atoms with Crippen molar-refractivity contribution in [3.05, 3.63) is 29.6 Å². The molecule has 112 valence electrons. The number of anilines is 1. The van der Waals surface area contributed by atoms with Gasteiger partial charge in [-0.25, -0.2) is 4.39 Å². The van der Waals surface area contributed by atoms with Crippen molar-refractivity contribution in [2.45, 2.75) is 32.9 Å². The van der Waals surface area contributed by atoms with E-state index in [1.54, 1.807) is 6.07 Å². The topological polar surface area (TPSA) is 32.3 Å². The number of benzene rings is 1. The average Bonchev–Trinajstić information content (AvgIpc) is 2.37. The maximum Gasteiger partial charge on any atom is 0.123 e. The minimum absolute atomic E-state index is 0.00696. The molecular weight excluding hydrogens is 275 g/mol. The van der Waals surface area contributed by atoms with E-state index in [0.717, 1.165) is 24.3 Å². The maximum atomic E-state index is 13.5. The number of hydrogen-bond acceptors (Lipinski definition) is 3. The van der Waals surface area contributed by atoms with Gasteiger partial charge >= 0.3 is 0 Å². The lowest BCUT2D eigenvalue weighted by atomic mass is 10.1. The van der Waals surface area contributed by atoms with Gasteiger partial charge in [0.25, 0.3) is 0 Å². The van der Waals surface area contributed by atoms with Crippen LogP contribution in [0.15, 0.2) is 18.2 Å². The lowest BCUT2D eigenvalue weighted by molar-refractivity contribution is 0.423. The third-order valence-electron chi connectivity index (χ3n) is 3.37. The Kier molecular flexibility index (Phi) is 4.81. The smallest absolute Gasteiger partial charge is 0.123 e. The second kappa shape index (κ2) is 6.22. The largest absolute Gasteiger partial charge is 0.369 e. The van der Waals surface area contributed by atoms with Crippen LogP contribution in [-0.2, 0) is 17.3 Å². The van der Waals surface area contributed by atoms with E-state index in [1.165, 1.54) is 6.07 Å². The van der Waals surface area contributed by atoms with E-state index < -0.39 is 10.8 Å². The van der Waals surface area contributed by atoms with E-state index in [9.17, 15) is 8.60 Å². The van der Waals surface area contributed by atoms with E-state index >= 15 is 0 Å². The van der Waals surface area contributed by atoms with Crippen LogP contribution < -0.4 is 10.2 Å². The van der Waals surface area contributed by atoms with Crippen LogP contribution >= 0.6 is 0 Å². The molecule has 2 rings (SSSR count). The first-order valence-electron chi connectivity index (χ1n) is 6.98. The molecule has 0 spiro atoms. The van der Waals surface area contributed by atoms with Crippen molar-refractivity contribution in [1.82, 2.24) is 5.32 Å². The molecule has 0 saturated carbocycles. The molecule has 1 saturated heterocycles. The summed E-state index contributed by atoms with van der Waals surface area (Å²) in [4.78, 5) is 2.21. The van der Waals surface area contributed by atoms with Gasteiger partial charge in [-0.1, -0.05) is 0 Å². The molecule has 5 heteroatoms. The number of nitrogens with zero attached hydrogens (tertiary/aromatic N) is 1. The maximum absolute atomic E-state index is 13.5. The molecule has 0 unspecified atom stereocenters. The van der Waals surface area contributed by atoms with Gasteiger partial charge in [-0.15, -0.1) is 0 Å². The van der Waals surface area contributed by atoms with E-state index in [-0.39, 0.29) is 11.4 Å². The predicted molar refractivity (Wildman–Crippen MR) is 83.1 cm³/mol. The average molecular weight is 298 g/mol. The Morgan fingerprint density at radius 3 is 2.55 bits per heavy atom. The van der Waals surface area contributed by atoms with Crippen molar-refractivity contribution in [2.24, 2.45) is 0 Å². The van der Waals surface area contributed by atoms with E-state index in [2.05, 4.69) is 31.0 Å². The van der Waals surface area contributed by atoms with Crippen molar-refractivity contribution in [3.63, 3.8) is 0 Å². The first-order chi connectivity index (χ1) is 9.35. The van der Waals surface area contributed by atoms with Crippen molar-refractivity contribution in [3.8, 4) is 0 Å². The molecule has 1 aromatic rings. The van der Waals surface area contributed by atoms with Crippen molar-refractivity contribution in [2.75, 3.05) is 29.5 Å². The fourth-order valence-electron chi connectivity index (χ4n) is 2.24. The molecule has 20 heavy (non-hydrogen) atoms. The molecule has 0 aliphatic carbocycles. The minimum Gasteiger partial charge on any atom is -0.369 e. The molecule has 3 nitrogen and oxygen atoms in total. The highest BCUT2D eigenvalue weighted by Gasteiger charge is 2.19. The zero-order valence-corrected chi connectivity index (χ0v) is 13.2. The molecule has 1 aliphatic rings. The SMILES string of the molecule is CC(C)(C)NCc1cc(F)ccc1N1CCS(=O)CC1. The van der Waals surface area contributed by atoms with Crippen molar-refractivity contribution < 1.29 is 8.60 Å². The quantitative estimate of drug-likeness (QED) is 0.929. The Balaban J connectivity index is 2.17. The van der Waals surface area contributed by atoms with Gasteiger partial charge in [0.2, 0.25) is 0 Å². The summed E-state index contributed by atoms with van der Waals surface area (Å²) < 4.78 is 24.9. The van der Waals surface area contributed by atoms with Crippen LogP contribution in [0.25, 0.3) is 0 Å². The molecule has 0 bridgehead atoms. The van der Waals surface area contributed by atoms with Gasteiger partial charge in [0.15, 0.2) is 0 Å². The molecule has 0 aromatic heterocycles. The monoisotopic (exact) mass is 298 g/mol. The molecule has 0 amide bonds. The second-order valence-corrected chi connectivity index (χ2v) is 7.91. The van der Waals surface area contributed by atoms with E-state index in [0.29, 0.717) is 18.1 Å². The first-order valence-corrected chi connectivity index (χ1v) is 8.47. The Morgan fingerprint density at radius 1 is 1.30 bits per heavy atom. The molecular formula is C15H23FN2OS. The minimum atomic E-state index is -0.695. The third-order valence-corrected chi connectivity index (χ3v) is 4.64. The van der Waals surface area contributed by atoms with Crippen LogP contribution in [0.5, 0.6) is 0 Å². The van der Waals surface area contributed by atoms with Gasteiger partial charge in [0, 0.05) is 53.2 Å². The Bertz CT molecular complexity index is 489. The van der Waals surface area contributed by atoms with Gasteiger partial charge in [0.05, 0.1) is 0 Å². The molecule has 1 heterocycles. The zero-order chi connectivity index (χ0) is 14.8. The summed E-state index contributed by atoms with van der Waals surface area (Å²) in [6, 6.07) is 4.93. The third kappa shape index (κ3) is 4.28. The molecule has 1 aliphatic heterocycles. The Hall–Kier alpha value is -0.940. The summed E-state index contributed by atoms with van der Waals surface area (Å²) in [6.07, 6.45) is 0. The number of halogens is 1. The normalized spacial score (nSPS) is 17.5. The van der Waals surface area contributed by atoms with Gasteiger partial charge in [-0.3, -0.25) is 4.21 Å². The summed E-state index contributed by atoms with van der Waals surface area (Å²) in [5, 5.41) is 3.40. The van der Waals surface area contributed by atoms with Crippen LogP contribution in [-0.4, -0.2) is 34.3 Å². The summed E-state index contributed by atoms with van der Waals surface area (Å²) in [6.45, 7) is 8.47. The molecule has 1 fully saturated rings. The highest BCUT2D eigenvalue weighted by atomic mass is 32.2. The van der Waals surface area contributed by atoms with Crippen molar-refractivity contribution >= 4 is 16.5 Å². The number of hydrogen-bond donors (Lipinski definition) is 1. The summed E-state index contributed by atoms with van der Waals surface area (Å²) in [5.41, 5.74) is 2.01. The molecule has 1 N–H and O–H groups in total. The van der Waals surface area contributed by atoms with E-state index in [1.807, 2.05) is 6.07 Å². The lowest BCUT2D eigenvalue weighted by Gasteiger charge is -2.31. The first kappa shape index (κ1) is 15.4.